The van der Waals surface area contributed by atoms with Crippen LogP contribution < -0.4 is 9.64 Å². The Balaban J connectivity index is 1.37. The Kier molecular flexibility index (Phi) is 9.21. The van der Waals surface area contributed by atoms with E-state index in [2.05, 4.69) is 29.7 Å². The van der Waals surface area contributed by atoms with Gasteiger partial charge in [0.25, 0.3) is 0 Å². The summed E-state index contributed by atoms with van der Waals surface area (Å²) in [5, 5.41) is 0. The van der Waals surface area contributed by atoms with Crippen LogP contribution in [0, 0.1) is 0 Å². The van der Waals surface area contributed by atoms with E-state index in [1.807, 2.05) is 35.2 Å². The molecule has 4 rings (SSSR count). The molecule has 0 radical (unpaired) electrons. The highest BCUT2D eigenvalue weighted by molar-refractivity contribution is 5.96. The van der Waals surface area contributed by atoms with E-state index in [9.17, 15) is 4.79 Å². The summed E-state index contributed by atoms with van der Waals surface area (Å²) < 4.78 is 7.75. The van der Waals surface area contributed by atoms with Gasteiger partial charge in [-0.25, -0.2) is 4.98 Å². The molecule has 0 N–H and O–H groups in total. The Morgan fingerprint density at radius 3 is 2.37 bits per heavy atom. The number of methoxy groups -OCH3 is 1. The van der Waals surface area contributed by atoms with Gasteiger partial charge < -0.3 is 14.2 Å². The number of carbonyl (C=O) groups excluding carboxylic acids is 1. The summed E-state index contributed by atoms with van der Waals surface area (Å²) in [5.74, 6) is 2.08. The fourth-order valence-corrected chi connectivity index (χ4v) is 5.31. The maximum absolute atomic E-state index is 13.0. The minimum atomic E-state index is 0.101. The summed E-state index contributed by atoms with van der Waals surface area (Å²) >= 11 is 0. The van der Waals surface area contributed by atoms with Gasteiger partial charge in [0.2, 0.25) is 5.91 Å². The quantitative estimate of drug-likeness (QED) is 0.227. The van der Waals surface area contributed by atoms with Crippen molar-refractivity contribution in [1.29, 1.82) is 0 Å². The van der Waals surface area contributed by atoms with Gasteiger partial charge in [-0.3, -0.25) is 4.79 Å². The second kappa shape index (κ2) is 12.8. The number of rotatable bonds is 14. The fourth-order valence-electron chi connectivity index (χ4n) is 5.31. The lowest BCUT2D eigenvalue weighted by Crippen LogP contribution is -2.24. The highest BCUT2D eigenvalue weighted by atomic mass is 16.5. The molecule has 1 aromatic heterocycles. The number of carbonyl (C=O) groups is 1. The van der Waals surface area contributed by atoms with Crippen LogP contribution in [0.25, 0.3) is 11.0 Å². The number of fused-ring (bicyclic) bond motifs is 1. The van der Waals surface area contributed by atoms with Crippen molar-refractivity contribution in [3.63, 3.8) is 0 Å². The number of hydrogen-bond donors (Lipinski definition) is 0. The van der Waals surface area contributed by atoms with E-state index < -0.39 is 0 Å². The van der Waals surface area contributed by atoms with Gasteiger partial charge in [-0.2, -0.15) is 0 Å². The standard InChI is InChI=1S/C30H41N3O2/c1-3-4-5-6-7-8-9-10-11-14-20-32-28-19-13-12-18-27(28)31-30(32)24-21-29(34)33(23-24)25-16-15-17-26(22-25)35-2/h12-13,15-19,22,24H,3-11,14,20-21,23H2,1-2H3/t24-/m1/s1. The Morgan fingerprint density at radius 1 is 0.914 bits per heavy atom. The van der Waals surface area contributed by atoms with Gasteiger partial charge in [-0.1, -0.05) is 82.9 Å². The zero-order valence-electron chi connectivity index (χ0n) is 21.5. The van der Waals surface area contributed by atoms with Gasteiger partial charge in [0.15, 0.2) is 0 Å². The van der Waals surface area contributed by atoms with Crippen LogP contribution in [0.4, 0.5) is 5.69 Å². The maximum atomic E-state index is 13.0. The molecule has 2 aromatic carbocycles. The molecule has 0 bridgehead atoms. The van der Waals surface area contributed by atoms with Crippen LogP contribution in [0.3, 0.4) is 0 Å². The van der Waals surface area contributed by atoms with Crippen molar-refractivity contribution in [3.8, 4) is 5.75 Å². The normalized spacial score (nSPS) is 15.9. The molecule has 5 heteroatoms. The highest BCUT2D eigenvalue weighted by Gasteiger charge is 2.34. The minimum Gasteiger partial charge on any atom is -0.497 e. The van der Waals surface area contributed by atoms with Crippen molar-refractivity contribution < 1.29 is 9.53 Å². The van der Waals surface area contributed by atoms with Gasteiger partial charge in [-0.15, -0.1) is 0 Å². The Labute approximate surface area is 210 Å². The third kappa shape index (κ3) is 6.45. The number of unbranched alkanes of at least 4 members (excludes halogenated alkanes) is 9. The molecule has 188 valence electrons. The fraction of sp³-hybridized carbons (Fsp3) is 0.533. The maximum Gasteiger partial charge on any atom is 0.227 e. The van der Waals surface area contributed by atoms with E-state index in [1.54, 1.807) is 7.11 Å². The van der Waals surface area contributed by atoms with Gasteiger partial charge >= 0.3 is 0 Å². The molecule has 35 heavy (non-hydrogen) atoms. The van der Waals surface area contributed by atoms with Gasteiger partial charge in [0, 0.05) is 37.2 Å². The molecule has 0 spiro atoms. The molecule has 2 heterocycles. The Bertz CT molecular complexity index is 1090. The lowest BCUT2D eigenvalue weighted by atomic mass is 10.1. The number of anilines is 1. The number of aryl methyl sites for hydroxylation is 1. The average molecular weight is 476 g/mol. The topological polar surface area (TPSA) is 47.4 Å². The van der Waals surface area contributed by atoms with Crippen LogP contribution in [0.1, 0.15) is 89.3 Å². The average Bonchev–Trinajstić information content (AvgIpc) is 3.45. The summed E-state index contributed by atoms with van der Waals surface area (Å²) in [6, 6.07) is 16.2. The molecule has 1 aliphatic rings. The molecular formula is C30H41N3O2. The van der Waals surface area contributed by atoms with Gasteiger partial charge in [0.1, 0.15) is 11.6 Å². The van der Waals surface area contributed by atoms with E-state index in [4.69, 9.17) is 9.72 Å². The first-order valence-corrected chi connectivity index (χ1v) is 13.6. The number of amides is 1. The van der Waals surface area contributed by atoms with Gasteiger partial charge in [-0.05, 0) is 30.7 Å². The number of imidazole rings is 1. The molecule has 0 unspecified atom stereocenters. The first-order chi connectivity index (χ1) is 17.2. The zero-order chi connectivity index (χ0) is 24.5. The second-order valence-electron chi connectivity index (χ2n) is 9.90. The molecule has 5 nitrogen and oxygen atoms in total. The van der Waals surface area contributed by atoms with Crippen LogP contribution in [-0.2, 0) is 11.3 Å². The number of ether oxygens (including phenoxy) is 1. The van der Waals surface area contributed by atoms with E-state index in [1.165, 1.54) is 63.3 Å². The summed E-state index contributed by atoms with van der Waals surface area (Å²) in [4.78, 5) is 19.9. The van der Waals surface area contributed by atoms with Crippen LogP contribution in [0.5, 0.6) is 5.75 Å². The predicted octanol–water partition coefficient (Wildman–Crippen LogP) is 7.49. The summed E-state index contributed by atoms with van der Waals surface area (Å²) in [6.45, 7) is 3.90. The SMILES string of the molecule is CCCCCCCCCCCCn1c([C@@H]2CC(=O)N(c3cccc(OC)c3)C2)nc2ccccc21. The van der Waals surface area contributed by atoms with Crippen molar-refractivity contribution >= 4 is 22.6 Å². The van der Waals surface area contributed by atoms with Crippen molar-refractivity contribution in [1.82, 2.24) is 9.55 Å². The summed E-state index contributed by atoms with van der Waals surface area (Å²) in [7, 11) is 1.66. The molecule has 1 saturated heterocycles. The first-order valence-electron chi connectivity index (χ1n) is 13.6. The van der Waals surface area contributed by atoms with Crippen molar-refractivity contribution in [3.05, 3.63) is 54.4 Å². The second-order valence-corrected chi connectivity index (χ2v) is 9.90. The molecule has 1 amide bonds. The molecule has 1 aliphatic heterocycles. The van der Waals surface area contributed by atoms with Crippen LogP contribution in [-0.4, -0.2) is 29.1 Å². The van der Waals surface area contributed by atoms with E-state index in [0.29, 0.717) is 13.0 Å². The summed E-state index contributed by atoms with van der Waals surface area (Å²) in [5.41, 5.74) is 3.11. The molecule has 1 atom stereocenters. The number of aromatic nitrogens is 2. The molecule has 1 fully saturated rings. The highest BCUT2D eigenvalue weighted by Crippen LogP contribution is 2.34. The molecule has 3 aromatic rings. The third-order valence-electron chi connectivity index (χ3n) is 7.27. The van der Waals surface area contributed by atoms with Crippen LogP contribution in [0.2, 0.25) is 0 Å². The van der Waals surface area contributed by atoms with E-state index in [0.717, 1.165) is 35.7 Å². The first kappa shape index (κ1) is 25.3. The smallest absolute Gasteiger partial charge is 0.227 e. The third-order valence-corrected chi connectivity index (χ3v) is 7.27. The van der Waals surface area contributed by atoms with Crippen LogP contribution >= 0.6 is 0 Å². The van der Waals surface area contributed by atoms with Crippen molar-refractivity contribution in [2.45, 2.75) is 90.0 Å². The number of para-hydroxylation sites is 2. The van der Waals surface area contributed by atoms with E-state index >= 15 is 0 Å². The monoisotopic (exact) mass is 475 g/mol. The van der Waals surface area contributed by atoms with Crippen molar-refractivity contribution in [2.75, 3.05) is 18.6 Å². The zero-order valence-corrected chi connectivity index (χ0v) is 21.5. The molecular weight excluding hydrogens is 434 g/mol. The molecule has 0 saturated carbocycles. The summed E-state index contributed by atoms with van der Waals surface area (Å²) in [6.07, 6.45) is 13.8. The Hall–Kier alpha value is -2.82. The number of nitrogens with zero attached hydrogens (tertiary/aromatic N) is 3. The van der Waals surface area contributed by atoms with Crippen molar-refractivity contribution in [2.24, 2.45) is 0 Å². The lowest BCUT2D eigenvalue weighted by Gasteiger charge is -2.18. The van der Waals surface area contributed by atoms with Crippen LogP contribution in [0.15, 0.2) is 48.5 Å². The van der Waals surface area contributed by atoms with E-state index in [-0.39, 0.29) is 11.8 Å². The minimum absolute atomic E-state index is 0.101. The molecule has 0 aliphatic carbocycles. The number of benzene rings is 2. The largest absolute Gasteiger partial charge is 0.497 e. The Morgan fingerprint density at radius 2 is 1.63 bits per heavy atom. The van der Waals surface area contributed by atoms with Gasteiger partial charge in [0.05, 0.1) is 18.1 Å². The number of hydrogen-bond acceptors (Lipinski definition) is 3. The lowest BCUT2D eigenvalue weighted by molar-refractivity contribution is -0.117. The predicted molar refractivity (Wildman–Crippen MR) is 144 cm³/mol.